The van der Waals surface area contributed by atoms with E-state index >= 15 is 0 Å². The maximum atomic E-state index is 4.63. The fourth-order valence-electron chi connectivity index (χ4n) is 2.03. The summed E-state index contributed by atoms with van der Waals surface area (Å²) in [4.78, 5) is 11.1. The first-order chi connectivity index (χ1) is 9.74. The lowest BCUT2D eigenvalue weighted by molar-refractivity contribution is 0.945. The van der Waals surface area contributed by atoms with Crippen molar-refractivity contribution in [3.8, 4) is 0 Å². The highest BCUT2D eigenvalue weighted by Gasteiger charge is 2.09. The van der Waals surface area contributed by atoms with Gasteiger partial charge in [0.25, 0.3) is 0 Å². The lowest BCUT2D eigenvalue weighted by Crippen LogP contribution is -2.18. The van der Waals surface area contributed by atoms with E-state index in [1.54, 1.807) is 12.4 Å². The molecule has 1 aromatic carbocycles. The number of rotatable bonds is 6. The van der Waals surface area contributed by atoms with Gasteiger partial charge in [0.2, 0.25) is 0 Å². The SMILES string of the molecule is CCCNc1cncc(N(CC)c2ccc(C)cc2)n1. The summed E-state index contributed by atoms with van der Waals surface area (Å²) in [6.07, 6.45) is 4.64. The maximum absolute atomic E-state index is 4.63. The van der Waals surface area contributed by atoms with E-state index in [-0.39, 0.29) is 0 Å². The minimum atomic E-state index is 0.829. The van der Waals surface area contributed by atoms with Crippen LogP contribution in [0.25, 0.3) is 0 Å². The van der Waals surface area contributed by atoms with E-state index in [4.69, 9.17) is 0 Å². The molecule has 4 nitrogen and oxygen atoms in total. The molecule has 0 aliphatic rings. The lowest BCUT2D eigenvalue weighted by Gasteiger charge is -2.22. The molecule has 1 aromatic heterocycles. The fraction of sp³-hybridized carbons (Fsp3) is 0.375. The zero-order chi connectivity index (χ0) is 14.4. The van der Waals surface area contributed by atoms with Crippen LogP contribution in [0.2, 0.25) is 0 Å². The summed E-state index contributed by atoms with van der Waals surface area (Å²) in [5, 5.41) is 3.27. The van der Waals surface area contributed by atoms with Gasteiger partial charge in [0.15, 0.2) is 5.82 Å². The maximum Gasteiger partial charge on any atom is 0.153 e. The Morgan fingerprint density at radius 3 is 2.50 bits per heavy atom. The second-order valence-corrected chi connectivity index (χ2v) is 4.77. The molecule has 0 amide bonds. The monoisotopic (exact) mass is 270 g/mol. The first kappa shape index (κ1) is 14.3. The Labute approximate surface area is 120 Å². The number of hydrogen-bond donors (Lipinski definition) is 1. The average Bonchev–Trinajstić information content (AvgIpc) is 2.48. The van der Waals surface area contributed by atoms with Crippen LogP contribution in [0.5, 0.6) is 0 Å². The highest BCUT2D eigenvalue weighted by Crippen LogP contribution is 2.23. The van der Waals surface area contributed by atoms with E-state index < -0.39 is 0 Å². The zero-order valence-electron chi connectivity index (χ0n) is 12.4. The summed E-state index contributed by atoms with van der Waals surface area (Å²) in [6.45, 7) is 8.11. The first-order valence-corrected chi connectivity index (χ1v) is 7.14. The fourth-order valence-corrected chi connectivity index (χ4v) is 2.03. The Morgan fingerprint density at radius 2 is 1.85 bits per heavy atom. The molecule has 0 aliphatic carbocycles. The van der Waals surface area contributed by atoms with Crippen LogP contribution in [0.15, 0.2) is 36.7 Å². The average molecular weight is 270 g/mol. The van der Waals surface area contributed by atoms with Crippen LogP contribution in [0.4, 0.5) is 17.3 Å². The van der Waals surface area contributed by atoms with Crippen LogP contribution in [0, 0.1) is 6.92 Å². The van der Waals surface area contributed by atoms with E-state index in [1.165, 1.54) is 5.56 Å². The molecule has 0 radical (unpaired) electrons. The molecule has 106 valence electrons. The van der Waals surface area contributed by atoms with Gasteiger partial charge in [0, 0.05) is 18.8 Å². The van der Waals surface area contributed by atoms with Gasteiger partial charge in [-0.05, 0) is 32.4 Å². The van der Waals surface area contributed by atoms with E-state index in [0.29, 0.717) is 0 Å². The van der Waals surface area contributed by atoms with Gasteiger partial charge in [0.05, 0.1) is 12.4 Å². The third kappa shape index (κ3) is 3.47. The van der Waals surface area contributed by atoms with Gasteiger partial charge in [-0.15, -0.1) is 0 Å². The lowest BCUT2D eigenvalue weighted by atomic mass is 10.2. The second kappa shape index (κ2) is 6.89. The topological polar surface area (TPSA) is 41.1 Å². The molecule has 0 bridgehead atoms. The molecule has 0 saturated carbocycles. The highest BCUT2D eigenvalue weighted by molar-refractivity contribution is 5.60. The van der Waals surface area contributed by atoms with E-state index in [9.17, 15) is 0 Å². The molecule has 4 heteroatoms. The summed E-state index contributed by atoms with van der Waals surface area (Å²) < 4.78 is 0. The van der Waals surface area contributed by atoms with Gasteiger partial charge in [-0.3, -0.25) is 4.98 Å². The quantitative estimate of drug-likeness (QED) is 0.867. The van der Waals surface area contributed by atoms with Crippen LogP contribution in [0.1, 0.15) is 25.8 Å². The summed E-state index contributed by atoms with van der Waals surface area (Å²) in [5.74, 6) is 1.70. The third-order valence-corrected chi connectivity index (χ3v) is 3.12. The van der Waals surface area contributed by atoms with Crippen LogP contribution in [0.3, 0.4) is 0 Å². The molecule has 0 aliphatic heterocycles. The Morgan fingerprint density at radius 1 is 1.10 bits per heavy atom. The summed E-state index contributed by atoms with van der Waals surface area (Å²) in [7, 11) is 0. The van der Waals surface area contributed by atoms with Crippen LogP contribution in [-0.2, 0) is 0 Å². The van der Waals surface area contributed by atoms with E-state index in [0.717, 1.165) is 36.8 Å². The number of aryl methyl sites for hydroxylation is 1. The predicted molar refractivity (Wildman–Crippen MR) is 84.7 cm³/mol. The smallest absolute Gasteiger partial charge is 0.153 e. The number of benzene rings is 1. The van der Waals surface area contributed by atoms with Crippen LogP contribution < -0.4 is 10.2 Å². The Balaban J connectivity index is 2.24. The first-order valence-electron chi connectivity index (χ1n) is 7.14. The van der Waals surface area contributed by atoms with Crippen molar-refractivity contribution in [2.75, 3.05) is 23.3 Å². The molecule has 2 aromatic rings. The predicted octanol–water partition coefficient (Wildman–Crippen LogP) is 3.76. The Hall–Kier alpha value is -2.10. The van der Waals surface area contributed by atoms with Crippen LogP contribution in [-0.4, -0.2) is 23.1 Å². The van der Waals surface area contributed by atoms with Crippen molar-refractivity contribution >= 4 is 17.3 Å². The van der Waals surface area contributed by atoms with Gasteiger partial charge in [0.1, 0.15) is 5.82 Å². The van der Waals surface area contributed by atoms with Crippen LogP contribution >= 0.6 is 0 Å². The number of hydrogen-bond acceptors (Lipinski definition) is 4. The molecule has 0 saturated heterocycles. The van der Waals surface area contributed by atoms with Gasteiger partial charge < -0.3 is 10.2 Å². The van der Waals surface area contributed by atoms with Crippen molar-refractivity contribution in [1.82, 2.24) is 9.97 Å². The van der Waals surface area contributed by atoms with Gasteiger partial charge >= 0.3 is 0 Å². The van der Waals surface area contributed by atoms with Crippen molar-refractivity contribution in [2.24, 2.45) is 0 Å². The molecule has 0 spiro atoms. The summed E-state index contributed by atoms with van der Waals surface area (Å²) in [5.41, 5.74) is 2.40. The van der Waals surface area contributed by atoms with Gasteiger partial charge in [-0.1, -0.05) is 24.6 Å². The van der Waals surface area contributed by atoms with E-state index in [1.807, 2.05) is 0 Å². The highest BCUT2D eigenvalue weighted by atomic mass is 15.2. The zero-order valence-corrected chi connectivity index (χ0v) is 12.4. The van der Waals surface area contributed by atoms with Crippen molar-refractivity contribution in [3.63, 3.8) is 0 Å². The molecule has 1 N–H and O–H groups in total. The molecule has 0 unspecified atom stereocenters. The normalized spacial score (nSPS) is 10.3. The van der Waals surface area contributed by atoms with Crippen molar-refractivity contribution in [3.05, 3.63) is 42.2 Å². The summed E-state index contributed by atoms with van der Waals surface area (Å²) in [6, 6.07) is 8.47. The van der Waals surface area contributed by atoms with E-state index in [2.05, 4.69) is 65.2 Å². The van der Waals surface area contributed by atoms with Gasteiger partial charge in [-0.25, -0.2) is 4.98 Å². The Bertz CT molecular complexity index is 536. The molecular weight excluding hydrogens is 248 g/mol. The number of nitrogens with zero attached hydrogens (tertiary/aromatic N) is 3. The number of aromatic nitrogens is 2. The largest absolute Gasteiger partial charge is 0.369 e. The molecule has 0 fully saturated rings. The summed E-state index contributed by atoms with van der Waals surface area (Å²) >= 11 is 0. The third-order valence-electron chi connectivity index (χ3n) is 3.12. The van der Waals surface area contributed by atoms with Crippen molar-refractivity contribution < 1.29 is 0 Å². The van der Waals surface area contributed by atoms with Crippen molar-refractivity contribution in [1.29, 1.82) is 0 Å². The minimum absolute atomic E-state index is 0.829. The standard InChI is InChI=1S/C16H22N4/c1-4-10-18-15-11-17-12-16(19-15)20(5-2)14-8-6-13(3)7-9-14/h6-9,11-12H,4-5,10H2,1-3H3,(H,18,19). The number of nitrogens with one attached hydrogen (secondary N) is 1. The minimum Gasteiger partial charge on any atom is -0.369 e. The van der Waals surface area contributed by atoms with Gasteiger partial charge in [-0.2, -0.15) is 0 Å². The number of anilines is 3. The second-order valence-electron chi connectivity index (χ2n) is 4.77. The molecular formula is C16H22N4. The Kier molecular flexibility index (Phi) is 4.93. The molecule has 2 rings (SSSR count). The molecule has 0 atom stereocenters. The molecule has 20 heavy (non-hydrogen) atoms. The molecule has 1 heterocycles. The van der Waals surface area contributed by atoms with Crippen molar-refractivity contribution in [2.45, 2.75) is 27.2 Å².